The molecule has 0 aliphatic rings. The number of H-pyrrole nitrogens is 1. The summed E-state index contributed by atoms with van der Waals surface area (Å²) < 4.78 is 2.34. The Morgan fingerprint density at radius 3 is 1.97 bits per heavy atom. The maximum atomic E-state index is 5.28. The predicted octanol–water partition coefficient (Wildman–Crippen LogP) is 6.96. The molecule has 176 valence electrons. The standard InChI is InChI=1S/C29H30N6/c1-2-3-4-14-21-25(28-31-33-34-32-28)35-27(23-17-10-6-11-18-23)26(22-15-8-5-9-16-22)30-29(35)24-19-12-7-13-20-24/h5-13,15-20,25H,2-4,14,21H2,1H3,(H,31,32,33,34). The highest BCUT2D eigenvalue weighted by Gasteiger charge is 2.29. The van der Waals surface area contributed by atoms with Gasteiger partial charge in [-0.05, 0) is 6.42 Å². The maximum Gasteiger partial charge on any atom is 0.197 e. The van der Waals surface area contributed by atoms with Gasteiger partial charge in [0.2, 0.25) is 0 Å². The second-order valence-corrected chi connectivity index (χ2v) is 8.74. The van der Waals surface area contributed by atoms with Crippen molar-refractivity contribution in [3.63, 3.8) is 0 Å². The second-order valence-electron chi connectivity index (χ2n) is 8.74. The van der Waals surface area contributed by atoms with Crippen LogP contribution in [0.5, 0.6) is 0 Å². The molecular formula is C29H30N6. The number of tetrazole rings is 1. The third-order valence-corrected chi connectivity index (χ3v) is 6.34. The Hall–Kier alpha value is -4.06. The SMILES string of the molecule is CCCCCCC(c1nn[nH]n1)n1c(-c2ccccc2)nc(-c2ccccc2)c1-c1ccccc1. The minimum absolute atomic E-state index is 0.0963. The molecule has 0 bridgehead atoms. The molecule has 0 radical (unpaired) electrons. The molecule has 0 saturated carbocycles. The summed E-state index contributed by atoms with van der Waals surface area (Å²) in [5, 5.41) is 15.5. The number of nitrogens with zero attached hydrogens (tertiary/aromatic N) is 5. The smallest absolute Gasteiger partial charge is 0.197 e. The zero-order chi connectivity index (χ0) is 23.9. The average Bonchev–Trinajstić information content (AvgIpc) is 3.59. The van der Waals surface area contributed by atoms with Gasteiger partial charge in [0, 0.05) is 16.7 Å². The number of aromatic amines is 1. The molecule has 5 rings (SSSR count). The molecule has 1 unspecified atom stereocenters. The van der Waals surface area contributed by atoms with Gasteiger partial charge in [0.1, 0.15) is 5.82 Å². The van der Waals surface area contributed by atoms with E-state index in [4.69, 9.17) is 4.98 Å². The van der Waals surface area contributed by atoms with Crippen LogP contribution >= 0.6 is 0 Å². The molecule has 6 heteroatoms. The number of imidazole rings is 1. The summed E-state index contributed by atoms with van der Waals surface area (Å²) in [7, 11) is 0. The summed E-state index contributed by atoms with van der Waals surface area (Å²) in [6.45, 7) is 2.24. The monoisotopic (exact) mass is 462 g/mol. The number of aromatic nitrogens is 6. The van der Waals surface area contributed by atoms with Crippen molar-refractivity contribution in [2.75, 3.05) is 0 Å². The van der Waals surface area contributed by atoms with Gasteiger partial charge in [-0.25, -0.2) is 4.98 Å². The Morgan fingerprint density at radius 2 is 1.37 bits per heavy atom. The molecule has 2 heterocycles. The number of hydrogen-bond donors (Lipinski definition) is 1. The predicted molar refractivity (Wildman–Crippen MR) is 140 cm³/mol. The highest BCUT2D eigenvalue weighted by atomic mass is 15.5. The summed E-state index contributed by atoms with van der Waals surface area (Å²) in [4.78, 5) is 5.28. The lowest BCUT2D eigenvalue weighted by Crippen LogP contribution is -2.15. The van der Waals surface area contributed by atoms with Gasteiger partial charge in [-0.2, -0.15) is 5.21 Å². The minimum Gasteiger partial charge on any atom is -0.312 e. The Morgan fingerprint density at radius 1 is 0.743 bits per heavy atom. The number of benzene rings is 3. The third-order valence-electron chi connectivity index (χ3n) is 6.34. The fraction of sp³-hybridized carbons (Fsp3) is 0.241. The average molecular weight is 463 g/mol. The molecule has 2 aromatic heterocycles. The van der Waals surface area contributed by atoms with Gasteiger partial charge in [0.25, 0.3) is 0 Å². The molecule has 5 aromatic rings. The van der Waals surface area contributed by atoms with E-state index >= 15 is 0 Å². The van der Waals surface area contributed by atoms with E-state index in [0.717, 1.165) is 46.7 Å². The second kappa shape index (κ2) is 10.9. The molecule has 0 fully saturated rings. The molecule has 6 nitrogen and oxygen atoms in total. The first-order valence-electron chi connectivity index (χ1n) is 12.4. The van der Waals surface area contributed by atoms with Crippen molar-refractivity contribution in [1.29, 1.82) is 0 Å². The fourth-order valence-electron chi connectivity index (χ4n) is 4.64. The zero-order valence-electron chi connectivity index (χ0n) is 20.0. The van der Waals surface area contributed by atoms with Crippen LogP contribution < -0.4 is 0 Å². The van der Waals surface area contributed by atoms with E-state index in [1.807, 2.05) is 18.2 Å². The van der Waals surface area contributed by atoms with Crippen molar-refractivity contribution in [3.05, 3.63) is 96.8 Å². The van der Waals surface area contributed by atoms with Crippen LogP contribution in [0.1, 0.15) is 50.9 Å². The van der Waals surface area contributed by atoms with Gasteiger partial charge >= 0.3 is 0 Å². The van der Waals surface area contributed by atoms with Crippen molar-refractivity contribution in [2.24, 2.45) is 0 Å². The zero-order valence-corrected chi connectivity index (χ0v) is 20.0. The lowest BCUT2D eigenvalue weighted by molar-refractivity contribution is 0.485. The summed E-state index contributed by atoms with van der Waals surface area (Å²) in [5.41, 5.74) is 5.29. The maximum absolute atomic E-state index is 5.28. The largest absolute Gasteiger partial charge is 0.312 e. The van der Waals surface area contributed by atoms with Crippen LogP contribution in [0.2, 0.25) is 0 Å². The lowest BCUT2D eigenvalue weighted by atomic mass is 10.0. The van der Waals surface area contributed by atoms with Gasteiger partial charge in [-0.3, -0.25) is 0 Å². The highest BCUT2D eigenvalue weighted by Crippen LogP contribution is 2.40. The van der Waals surface area contributed by atoms with Gasteiger partial charge in [-0.15, -0.1) is 10.2 Å². The lowest BCUT2D eigenvalue weighted by Gasteiger charge is -2.21. The van der Waals surface area contributed by atoms with Crippen molar-refractivity contribution < 1.29 is 0 Å². The van der Waals surface area contributed by atoms with Crippen molar-refractivity contribution in [1.82, 2.24) is 30.2 Å². The number of unbranched alkanes of at least 4 members (excludes halogenated alkanes) is 3. The normalized spacial score (nSPS) is 12.0. The van der Waals surface area contributed by atoms with Crippen LogP contribution in [-0.4, -0.2) is 30.2 Å². The van der Waals surface area contributed by atoms with Crippen LogP contribution in [-0.2, 0) is 0 Å². The quantitative estimate of drug-likeness (QED) is 0.228. The Kier molecular flexibility index (Phi) is 7.08. The van der Waals surface area contributed by atoms with Crippen LogP contribution in [0, 0.1) is 0 Å². The molecule has 0 amide bonds. The number of hydrogen-bond acceptors (Lipinski definition) is 4. The first kappa shape index (κ1) is 22.7. The first-order valence-corrected chi connectivity index (χ1v) is 12.4. The van der Waals surface area contributed by atoms with Crippen LogP contribution in [0.25, 0.3) is 33.9 Å². The first-order chi connectivity index (χ1) is 17.4. The van der Waals surface area contributed by atoms with Gasteiger partial charge in [-0.1, -0.05) is 129 Å². The number of rotatable bonds is 10. The van der Waals surface area contributed by atoms with E-state index in [2.05, 4.69) is 105 Å². The molecule has 0 saturated heterocycles. The van der Waals surface area contributed by atoms with E-state index < -0.39 is 0 Å². The van der Waals surface area contributed by atoms with Crippen LogP contribution in [0.15, 0.2) is 91.0 Å². The van der Waals surface area contributed by atoms with Crippen LogP contribution in [0.4, 0.5) is 0 Å². The molecular weight excluding hydrogens is 432 g/mol. The van der Waals surface area contributed by atoms with Gasteiger partial charge in [0.15, 0.2) is 5.82 Å². The van der Waals surface area contributed by atoms with Crippen molar-refractivity contribution >= 4 is 0 Å². The molecule has 35 heavy (non-hydrogen) atoms. The fourth-order valence-corrected chi connectivity index (χ4v) is 4.64. The third kappa shape index (κ3) is 4.92. The minimum atomic E-state index is -0.0963. The summed E-state index contributed by atoms with van der Waals surface area (Å²) >= 11 is 0. The van der Waals surface area contributed by atoms with Gasteiger partial charge < -0.3 is 4.57 Å². The topological polar surface area (TPSA) is 72.3 Å². The van der Waals surface area contributed by atoms with E-state index in [-0.39, 0.29) is 6.04 Å². The summed E-state index contributed by atoms with van der Waals surface area (Å²) in [6.07, 6.45) is 5.57. The summed E-state index contributed by atoms with van der Waals surface area (Å²) in [5.74, 6) is 1.60. The Labute approximate surface area is 206 Å². The molecule has 1 atom stereocenters. The Bertz CT molecular complexity index is 1310. The summed E-state index contributed by atoms with van der Waals surface area (Å²) in [6, 6.07) is 31.2. The molecule has 0 aliphatic heterocycles. The van der Waals surface area contributed by atoms with Crippen molar-refractivity contribution in [2.45, 2.75) is 45.1 Å². The van der Waals surface area contributed by atoms with Gasteiger partial charge in [0.05, 0.1) is 17.4 Å². The molecule has 0 aliphatic carbocycles. The van der Waals surface area contributed by atoms with Crippen molar-refractivity contribution in [3.8, 4) is 33.9 Å². The van der Waals surface area contributed by atoms with E-state index in [1.165, 1.54) is 19.3 Å². The van der Waals surface area contributed by atoms with E-state index in [1.54, 1.807) is 0 Å². The molecule has 3 aromatic carbocycles. The van der Waals surface area contributed by atoms with Crippen LogP contribution in [0.3, 0.4) is 0 Å². The number of nitrogens with one attached hydrogen (secondary N) is 1. The van der Waals surface area contributed by atoms with E-state index in [9.17, 15) is 0 Å². The van der Waals surface area contributed by atoms with E-state index in [0.29, 0.717) is 5.82 Å². The molecule has 1 N–H and O–H groups in total. The Balaban J connectivity index is 1.77. The highest BCUT2D eigenvalue weighted by molar-refractivity contribution is 5.82. The molecule has 0 spiro atoms.